The Balaban J connectivity index is 2.59. The van der Waals surface area contributed by atoms with Gasteiger partial charge in [-0.05, 0) is 49.7 Å². The standard InChI is InChI=1S/C18H19Cl2NO5S/c1-4-26-18(22)11-21(16-7-5-6-14(19)12(16)2)27(23,24)13-8-9-17(25-3)15(20)10-13/h5-10H,4,11H2,1-3H3. The molecule has 0 radical (unpaired) electrons. The number of esters is 1. The van der Waals surface area contributed by atoms with E-state index in [-0.39, 0.29) is 22.2 Å². The maximum Gasteiger partial charge on any atom is 0.326 e. The van der Waals surface area contributed by atoms with E-state index in [0.717, 1.165) is 4.31 Å². The van der Waals surface area contributed by atoms with Crippen molar-refractivity contribution in [3.8, 4) is 5.75 Å². The molecule has 0 aromatic heterocycles. The summed E-state index contributed by atoms with van der Waals surface area (Å²) < 4.78 is 37.5. The van der Waals surface area contributed by atoms with Gasteiger partial charge in [0, 0.05) is 5.02 Å². The third-order valence-corrected chi connectivity index (χ3v) is 6.26. The van der Waals surface area contributed by atoms with Crippen LogP contribution in [0.1, 0.15) is 12.5 Å². The molecule has 0 amide bonds. The first kappa shape index (κ1) is 21.3. The van der Waals surface area contributed by atoms with Crippen LogP contribution < -0.4 is 9.04 Å². The van der Waals surface area contributed by atoms with Crippen molar-refractivity contribution in [1.82, 2.24) is 0 Å². The van der Waals surface area contributed by atoms with E-state index in [9.17, 15) is 13.2 Å². The molecule has 6 nitrogen and oxygen atoms in total. The average molecular weight is 432 g/mol. The van der Waals surface area contributed by atoms with E-state index >= 15 is 0 Å². The van der Waals surface area contributed by atoms with E-state index in [4.69, 9.17) is 32.7 Å². The van der Waals surface area contributed by atoms with Crippen molar-refractivity contribution in [2.24, 2.45) is 0 Å². The van der Waals surface area contributed by atoms with Crippen molar-refractivity contribution < 1.29 is 22.7 Å². The topological polar surface area (TPSA) is 72.9 Å². The normalized spacial score (nSPS) is 11.1. The SMILES string of the molecule is CCOC(=O)CN(c1cccc(Cl)c1C)S(=O)(=O)c1ccc(OC)c(Cl)c1. The number of nitrogens with zero attached hydrogens (tertiary/aromatic N) is 1. The molecule has 2 rings (SSSR count). The Morgan fingerprint density at radius 1 is 1.15 bits per heavy atom. The molecule has 0 saturated carbocycles. The van der Waals surface area contributed by atoms with Gasteiger partial charge in [-0.2, -0.15) is 0 Å². The zero-order valence-electron chi connectivity index (χ0n) is 15.0. The summed E-state index contributed by atoms with van der Waals surface area (Å²) in [5.74, 6) is -0.341. The minimum Gasteiger partial charge on any atom is -0.495 e. The summed E-state index contributed by atoms with van der Waals surface area (Å²) in [5.41, 5.74) is 0.800. The molecule has 0 heterocycles. The molecule has 0 atom stereocenters. The van der Waals surface area contributed by atoms with Crippen LogP contribution in [0.25, 0.3) is 0 Å². The number of ether oxygens (including phenoxy) is 2. The Kier molecular flexibility index (Phi) is 6.97. The van der Waals surface area contributed by atoms with Crippen LogP contribution in [0.5, 0.6) is 5.75 Å². The monoisotopic (exact) mass is 431 g/mol. The molecule has 0 aliphatic heterocycles. The van der Waals surface area contributed by atoms with Gasteiger partial charge in [-0.3, -0.25) is 9.10 Å². The van der Waals surface area contributed by atoms with Crippen LogP contribution in [0.3, 0.4) is 0 Å². The lowest BCUT2D eigenvalue weighted by atomic mass is 10.2. The average Bonchev–Trinajstić information content (AvgIpc) is 2.62. The summed E-state index contributed by atoms with van der Waals surface area (Å²) in [5, 5.41) is 0.516. The third-order valence-electron chi connectivity index (χ3n) is 3.80. The summed E-state index contributed by atoms with van der Waals surface area (Å²) in [4.78, 5) is 12.0. The lowest BCUT2D eigenvalue weighted by Gasteiger charge is -2.25. The summed E-state index contributed by atoms with van der Waals surface area (Å²) >= 11 is 12.2. The van der Waals surface area contributed by atoms with Crippen molar-refractivity contribution >= 4 is 44.9 Å². The second kappa shape index (κ2) is 8.82. The highest BCUT2D eigenvalue weighted by atomic mass is 35.5. The van der Waals surface area contributed by atoms with Gasteiger partial charge in [0.05, 0.1) is 29.3 Å². The van der Waals surface area contributed by atoms with Crippen LogP contribution in [0.15, 0.2) is 41.3 Å². The molecule has 0 bridgehead atoms. The number of rotatable bonds is 7. The zero-order chi connectivity index (χ0) is 20.2. The highest BCUT2D eigenvalue weighted by Crippen LogP contribution is 2.33. The molecule has 27 heavy (non-hydrogen) atoms. The number of sulfonamides is 1. The van der Waals surface area contributed by atoms with E-state index in [1.807, 2.05) is 0 Å². The number of hydrogen-bond acceptors (Lipinski definition) is 5. The van der Waals surface area contributed by atoms with Gasteiger partial charge in [-0.15, -0.1) is 0 Å². The molecule has 0 spiro atoms. The van der Waals surface area contributed by atoms with Crippen LogP contribution in [0, 0.1) is 6.92 Å². The highest BCUT2D eigenvalue weighted by Gasteiger charge is 2.29. The second-order valence-corrected chi connectivity index (χ2v) is 8.17. The van der Waals surface area contributed by atoms with Gasteiger partial charge >= 0.3 is 5.97 Å². The quantitative estimate of drug-likeness (QED) is 0.617. The number of methoxy groups -OCH3 is 1. The van der Waals surface area contributed by atoms with Crippen molar-refractivity contribution in [3.63, 3.8) is 0 Å². The predicted molar refractivity (Wildman–Crippen MR) is 105 cm³/mol. The number of benzene rings is 2. The number of anilines is 1. The molecule has 0 fully saturated rings. The van der Waals surface area contributed by atoms with Crippen LogP contribution in [0.2, 0.25) is 10.0 Å². The summed E-state index contributed by atoms with van der Waals surface area (Å²) in [6.45, 7) is 2.95. The molecule has 2 aromatic carbocycles. The molecule has 0 aliphatic carbocycles. The van der Waals surface area contributed by atoms with Gasteiger partial charge in [-0.25, -0.2) is 8.42 Å². The predicted octanol–water partition coefficient (Wildman–Crippen LogP) is 4.07. The molecular formula is C18H19Cl2NO5S. The maximum absolute atomic E-state index is 13.3. The Hall–Kier alpha value is -1.96. The summed E-state index contributed by atoms with van der Waals surface area (Å²) in [7, 11) is -2.69. The number of carbonyl (C=O) groups is 1. The van der Waals surface area contributed by atoms with Gasteiger partial charge in [-0.1, -0.05) is 29.3 Å². The van der Waals surface area contributed by atoms with Crippen LogP contribution >= 0.6 is 23.2 Å². The van der Waals surface area contributed by atoms with E-state index < -0.39 is 22.5 Å². The van der Waals surface area contributed by atoms with E-state index in [1.54, 1.807) is 32.0 Å². The number of halogens is 2. The molecule has 0 N–H and O–H groups in total. The molecule has 9 heteroatoms. The van der Waals surface area contributed by atoms with Gasteiger partial charge in [0.1, 0.15) is 12.3 Å². The minimum atomic E-state index is -4.12. The largest absolute Gasteiger partial charge is 0.495 e. The fraction of sp³-hybridized carbons (Fsp3) is 0.278. The van der Waals surface area contributed by atoms with E-state index in [0.29, 0.717) is 16.3 Å². The number of carbonyl (C=O) groups excluding carboxylic acids is 1. The minimum absolute atomic E-state index is 0.0861. The Morgan fingerprint density at radius 3 is 2.44 bits per heavy atom. The molecule has 146 valence electrons. The molecule has 0 aliphatic rings. The van der Waals surface area contributed by atoms with Crippen molar-refractivity contribution in [1.29, 1.82) is 0 Å². The molecule has 2 aromatic rings. The highest BCUT2D eigenvalue weighted by molar-refractivity contribution is 7.92. The van der Waals surface area contributed by atoms with Crippen molar-refractivity contribution in [2.45, 2.75) is 18.7 Å². The summed E-state index contributed by atoms with van der Waals surface area (Å²) in [6.07, 6.45) is 0. The fourth-order valence-electron chi connectivity index (χ4n) is 2.42. The van der Waals surface area contributed by atoms with Gasteiger partial charge in [0.15, 0.2) is 0 Å². The lowest BCUT2D eigenvalue weighted by molar-refractivity contribution is -0.141. The molecular weight excluding hydrogens is 413 g/mol. The van der Waals surface area contributed by atoms with Crippen molar-refractivity contribution in [2.75, 3.05) is 24.6 Å². The Morgan fingerprint density at radius 2 is 1.85 bits per heavy atom. The van der Waals surface area contributed by atoms with Gasteiger partial charge in [0.2, 0.25) is 0 Å². The third kappa shape index (κ3) is 4.66. The molecule has 0 unspecified atom stereocenters. The van der Waals surface area contributed by atoms with Gasteiger partial charge in [0.25, 0.3) is 10.0 Å². The first-order valence-electron chi connectivity index (χ1n) is 7.99. The Labute approximate surface area is 168 Å². The summed E-state index contributed by atoms with van der Waals surface area (Å²) in [6, 6.07) is 8.90. The molecule has 0 saturated heterocycles. The van der Waals surface area contributed by atoms with Crippen LogP contribution in [-0.4, -0.2) is 34.6 Å². The van der Waals surface area contributed by atoms with Crippen LogP contribution in [-0.2, 0) is 19.6 Å². The lowest BCUT2D eigenvalue weighted by Crippen LogP contribution is -2.37. The van der Waals surface area contributed by atoms with Crippen molar-refractivity contribution in [3.05, 3.63) is 52.0 Å². The van der Waals surface area contributed by atoms with E-state index in [2.05, 4.69) is 0 Å². The fourth-order valence-corrected chi connectivity index (χ4v) is 4.41. The maximum atomic E-state index is 13.3. The second-order valence-electron chi connectivity index (χ2n) is 5.50. The number of hydrogen-bond donors (Lipinski definition) is 0. The first-order chi connectivity index (χ1) is 12.7. The smallest absolute Gasteiger partial charge is 0.326 e. The van der Waals surface area contributed by atoms with Crippen LogP contribution in [0.4, 0.5) is 5.69 Å². The zero-order valence-corrected chi connectivity index (χ0v) is 17.4. The van der Waals surface area contributed by atoms with E-state index in [1.165, 1.54) is 25.3 Å². The van der Waals surface area contributed by atoms with Gasteiger partial charge < -0.3 is 9.47 Å². The first-order valence-corrected chi connectivity index (χ1v) is 10.2. The Bertz CT molecular complexity index is 947.